The molecule has 9 nitrogen and oxygen atoms in total. The predicted molar refractivity (Wildman–Crippen MR) is 143 cm³/mol. The van der Waals surface area contributed by atoms with Gasteiger partial charge in [-0.1, -0.05) is 18.2 Å². The first-order valence-electron chi connectivity index (χ1n) is 11.8. The molecule has 0 aliphatic carbocycles. The Morgan fingerprint density at radius 1 is 1.14 bits per heavy atom. The lowest BCUT2D eigenvalue weighted by Crippen LogP contribution is -2.36. The zero-order valence-electron chi connectivity index (χ0n) is 20.5. The third kappa shape index (κ3) is 6.36. The van der Waals surface area contributed by atoms with Crippen LogP contribution in [-0.4, -0.2) is 50.9 Å². The van der Waals surface area contributed by atoms with Crippen molar-refractivity contribution in [3.63, 3.8) is 0 Å². The molecule has 1 amide bonds. The van der Waals surface area contributed by atoms with Gasteiger partial charge in [-0.15, -0.1) is 11.3 Å². The predicted octanol–water partition coefficient (Wildman–Crippen LogP) is 5.75. The fourth-order valence-corrected chi connectivity index (χ4v) is 5.51. The van der Waals surface area contributed by atoms with Crippen LogP contribution in [0.2, 0.25) is 0 Å². The van der Waals surface area contributed by atoms with Gasteiger partial charge in [0, 0.05) is 60.7 Å². The number of rotatable bonds is 8. The number of anilines is 2. The molecule has 0 saturated carbocycles. The molecule has 0 bridgehead atoms. The Morgan fingerprint density at radius 3 is 2.70 bits per heavy atom. The minimum atomic E-state index is 0.135. The van der Waals surface area contributed by atoms with E-state index < -0.39 is 0 Å². The number of methoxy groups -OCH3 is 1. The Hall–Kier alpha value is -3.70. The number of benzene rings is 1. The van der Waals surface area contributed by atoms with Crippen molar-refractivity contribution in [2.24, 2.45) is 0 Å². The lowest BCUT2D eigenvalue weighted by Gasteiger charge is -2.30. The van der Waals surface area contributed by atoms with Gasteiger partial charge in [-0.2, -0.15) is 4.98 Å². The number of aromatic nitrogens is 4. The van der Waals surface area contributed by atoms with Crippen LogP contribution in [0.3, 0.4) is 0 Å². The number of ether oxygens (including phenoxy) is 2. The molecule has 0 atom stereocenters. The summed E-state index contributed by atoms with van der Waals surface area (Å²) in [6.45, 7) is 3.17. The number of hydrogen-bond acceptors (Lipinski definition) is 10. The summed E-state index contributed by atoms with van der Waals surface area (Å²) in [6, 6.07) is 13.2. The van der Waals surface area contributed by atoms with Crippen molar-refractivity contribution in [1.29, 1.82) is 0 Å². The Morgan fingerprint density at radius 2 is 1.95 bits per heavy atom. The third-order valence-corrected chi connectivity index (χ3v) is 7.54. The van der Waals surface area contributed by atoms with Crippen molar-refractivity contribution in [2.45, 2.75) is 35.7 Å². The van der Waals surface area contributed by atoms with Gasteiger partial charge in [-0.25, -0.2) is 15.0 Å². The van der Waals surface area contributed by atoms with Crippen LogP contribution in [-0.2, 0) is 4.79 Å². The highest BCUT2D eigenvalue weighted by molar-refractivity contribution is 7.99. The zero-order chi connectivity index (χ0) is 25.6. The van der Waals surface area contributed by atoms with Crippen molar-refractivity contribution in [1.82, 2.24) is 24.8 Å². The maximum Gasteiger partial charge on any atom is 0.219 e. The fraction of sp³-hybridized carbons (Fsp3) is 0.269. The summed E-state index contributed by atoms with van der Waals surface area (Å²) in [7, 11) is 1.57. The van der Waals surface area contributed by atoms with Gasteiger partial charge in [-0.05, 0) is 36.7 Å². The number of para-hydroxylation sites is 1. The Balaban J connectivity index is 1.35. The molecular formula is C26H26N6O3S2. The number of pyridine rings is 1. The minimum Gasteiger partial charge on any atom is -0.481 e. The molecule has 1 fully saturated rings. The summed E-state index contributed by atoms with van der Waals surface area (Å²) in [4.78, 5) is 32.5. The van der Waals surface area contributed by atoms with Gasteiger partial charge in [0.05, 0.1) is 12.8 Å². The van der Waals surface area contributed by atoms with Gasteiger partial charge in [0.15, 0.2) is 21.9 Å². The fourth-order valence-electron chi connectivity index (χ4n) is 3.99. The van der Waals surface area contributed by atoms with Crippen molar-refractivity contribution >= 4 is 40.0 Å². The van der Waals surface area contributed by atoms with Crippen LogP contribution in [0.25, 0.3) is 0 Å². The molecule has 190 valence electrons. The normalized spacial score (nSPS) is 13.8. The number of piperidine rings is 1. The smallest absolute Gasteiger partial charge is 0.219 e. The van der Waals surface area contributed by atoms with E-state index in [9.17, 15) is 4.79 Å². The second-order valence-electron chi connectivity index (χ2n) is 8.40. The van der Waals surface area contributed by atoms with E-state index in [4.69, 9.17) is 14.5 Å². The minimum absolute atomic E-state index is 0.135. The summed E-state index contributed by atoms with van der Waals surface area (Å²) >= 11 is 2.90. The van der Waals surface area contributed by atoms with Crippen molar-refractivity contribution in [2.75, 3.05) is 25.5 Å². The number of nitrogens with zero attached hydrogens (tertiary/aromatic N) is 5. The zero-order valence-corrected chi connectivity index (χ0v) is 22.1. The Kier molecular flexibility index (Phi) is 7.81. The molecule has 1 N–H and O–H groups in total. The largest absolute Gasteiger partial charge is 0.481 e. The van der Waals surface area contributed by atoms with Crippen LogP contribution in [0.1, 0.15) is 31.4 Å². The lowest BCUT2D eigenvalue weighted by atomic mass is 9.94. The van der Waals surface area contributed by atoms with Gasteiger partial charge in [-0.3, -0.25) is 4.79 Å². The van der Waals surface area contributed by atoms with Gasteiger partial charge in [0.1, 0.15) is 5.75 Å². The Bertz CT molecular complexity index is 1360. The SMILES string of the molecule is COc1ccnc(Sc2cnc(Nc3nc(C4CCN(C(C)=O)CC4)cs3)c(Oc3ccccc3)c2)n1. The van der Waals surface area contributed by atoms with Gasteiger partial charge >= 0.3 is 0 Å². The highest BCUT2D eigenvalue weighted by Crippen LogP contribution is 2.37. The molecule has 1 aromatic carbocycles. The summed E-state index contributed by atoms with van der Waals surface area (Å²) in [5.41, 5.74) is 1.04. The molecule has 0 unspecified atom stereocenters. The van der Waals surface area contributed by atoms with Crippen LogP contribution in [0.15, 0.2) is 70.3 Å². The number of carbonyl (C=O) groups is 1. The van der Waals surface area contributed by atoms with Crippen LogP contribution in [0.4, 0.5) is 10.9 Å². The first-order chi connectivity index (χ1) is 18.1. The molecule has 3 aromatic heterocycles. The van der Waals surface area contributed by atoms with Crippen LogP contribution >= 0.6 is 23.1 Å². The average Bonchev–Trinajstić information content (AvgIpc) is 3.39. The van der Waals surface area contributed by atoms with Crippen LogP contribution < -0.4 is 14.8 Å². The van der Waals surface area contributed by atoms with Gasteiger partial charge in [0.2, 0.25) is 11.8 Å². The molecule has 0 spiro atoms. The monoisotopic (exact) mass is 534 g/mol. The molecule has 4 heterocycles. The topological polar surface area (TPSA) is 102 Å². The number of likely N-dealkylation sites (tertiary alicyclic amines) is 1. The van der Waals surface area contributed by atoms with E-state index in [1.807, 2.05) is 41.3 Å². The highest BCUT2D eigenvalue weighted by atomic mass is 32.2. The third-order valence-electron chi connectivity index (χ3n) is 5.93. The summed E-state index contributed by atoms with van der Waals surface area (Å²) in [5, 5.41) is 6.71. The number of hydrogen-bond donors (Lipinski definition) is 1. The lowest BCUT2D eigenvalue weighted by molar-refractivity contribution is -0.129. The van der Waals surface area contributed by atoms with E-state index >= 15 is 0 Å². The van der Waals surface area contributed by atoms with E-state index in [0.29, 0.717) is 34.3 Å². The quantitative estimate of drug-likeness (QED) is 0.283. The summed E-state index contributed by atoms with van der Waals surface area (Å²) in [6.07, 6.45) is 5.24. The van der Waals surface area contributed by atoms with E-state index in [2.05, 4.69) is 25.6 Å². The standard InChI is InChI=1S/C26H26N6O3S2/c1-17(33)32-12-9-18(10-13-32)21-16-36-26(29-21)31-24-22(35-19-6-4-3-5-7-19)14-20(15-28-24)37-25-27-11-8-23(30-25)34-2/h3-8,11,14-16,18H,9-10,12-13H2,1-2H3,(H,28,29,31). The molecule has 1 aliphatic rings. The second kappa shape index (κ2) is 11.6. The van der Waals surface area contributed by atoms with Crippen molar-refractivity contribution in [3.05, 3.63) is 65.9 Å². The molecule has 1 saturated heterocycles. The Labute approximate surface area is 223 Å². The number of amides is 1. The highest BCUT2D eigenvalue weighted by Gasteiger charge is 2.24. The average molecular weight is 535 g/mol. The molecule has 5 rings (SSSR count). The van der Waals surface area contributed by atoms with Gasteiger partial charge < -0.3 is 19.7 Å². The molecule has 11 heteroatoms. The number of thiazole rings is 1. The maximum atomic E-state index is 11.6. The van der Waals surface area contributed by atoms with E-state index in [0.717, 1.165) is 41.7 Å². The molecular weight excluding hydrogens is 508 g/mol. The first kappa shape index (κ1) is 25.0. The van der Waals surface area contributed by atoms with Crippen molar-refractivity contribution < 1.29 is 14.3 Å². The van der Waals surface area contributed by atoms with E-state index in [1.165, 1.54) is 23.1 Å². The molecule has 4 aromatic rings. The second-order valence-corrected chi connectivity index (χ2v) is 10.3. The van der Waals surface area contributed by atoms with Gasteiger partial charge in [0.25, 0.3) is 0 Å². The molecule has 0 radical (unpaired) electrons. The van der Waals surface area contributed by atoms with E-state index in [1.54, 1.807) is 32.5 Å². The number of nitrogens with one attached hydrogen (secondary N) is 1. The number of carbonyl (C=O) groups excluding carboxylic acids is 1. The van der Waals surface area contributed by atoms with Crippen LogP contribution in [0, 0.1) is 0 Å². The van der Waals surface area contributed by atoms with Crippen molar-refractivity contribution in [3.8, 4) is 17.4 Å². The first-order valence-corrected chi connectivity index (χ1v) is 13.5. The maximum absolute atomic E-state index is 11.6. The molecule has 1 aliphatic heterocycles. The molecule has 37 heavy (non-hydrogen) atoms. The van der Waals surface area contributed by atoms with Crippen LogP contribution in [0.5, 0.6) is 17.4 Å². The van der Waals surface area contributed by atoms with E-state index in [-0.39, 0.29) is 5.91 Å². The summed E-state index contributed by atoms with van der Waals surface area (Å²) < 4.78 is 11.4. The summed E-state index contributed by atoms with van der Waals surface area (Å²) in [5.74, 6) is 2.80.